The van der Waals surface area contributed by atoms with Crippen molar-refractivity contribution in [1.29, 1.82) is 0 Å². The lowest BCUT2D eigenvalue weighted by Crippen LogP contribution is -2.42. The third kappa shape index (κ3) is 4.32. The summed E-state index contributed by atoms with van der Waals surface area (Å²) in [5, 5.41) is 8.47. The normalized spacial score (nSPS) is 26.7. The first-order valence-corrected chi connectivity index (χ1v) is 8.78. The van der Waals surface area contributed by atoms with E-state index < -0.39 is 0 Å². The van der Waals surface area contributed by atoms with Crippen LogP contribution >= 0.6 is 0 Å². The van der Waals surface area contributed by atoms with Crippen molar-refractivity contribution in [3.8, 4) is 0 Å². The fourth-order valence-corrected chi connectivity index (χ4v) is 3.70. The molecule has 0 aromatic carbocycles. The van der Waals surface area contributed by atoms with Crippen molar-refractivity contribution in [2.75, 3.05) is 6.54 Å². The largest absolute Gasteiger partial charge is 0.314 e. The monoisotopic (exact) mass is 291 g/mol. The molecule has 1 fully saturated rings. The lowest BCUT2D eigenvalue weighted by Gasteiger charge is -2.38. The SMILES string of the molecule is CCNC1CCC(C(C)C)CC1Cc1ccn(C(C)C)n1. The van der Waals surface area contributed by atoms with Crippen LogP contribution in [0.15, 0.2) is 12.3 Å². The molecule has 1 aromatic heterocycles. The Labute approximate surface area is 130 Å². The van der Waals surface area contributed by atoms with Crippen LogP contribution in [-0.2, 0) is 6.42 Å². The van der Waals surface area contributed by atoms with Gasteiger partial charge >= 0.3 is 0 Å². The summed E-state index contributed by atoms with van der Waals surface area (Å²) < 4.78 is 2.08. The first-order valence-electron chi connectivity index (χ1n) is 8.78. The summed E-state index contributed by atoms with van der Waals surface area (Å²) in [7, 11) is 0. The molecule has 0 spiro atoms. The predicted molar refractivity (Wildman–Crippen MR) is 89.4 cm³/mol. The van der Waals surface area contributed by atoms with Crippen molar-refractivity contribution in [1.82, 2.24) is 15.1 Å². The first kappa shape index (κ1) is 16.5. The Kier molecular flexibility index (Phi) is 5.86. The van der Waals surface area contributed by atoms with E-state index in [-0.39, 0.29) is 0 Å². The molecule has 1 saturated carbocycles. The van der Waals surface area contributed by atoms with Crippen molar-refractivity contribution in [2.24, 2.45) is 17.8 Å². The van der Waals surface area contributed by atoms with Crippen LogP contribution in [0.3, 0.4) is 0 Å². The summed E-state index contributed by atoms with van der Waals surface area (Å²) in [6.07, 6.45) is 7.31. The zero-order valence-corrected chi connectivity index (χ0v) is 14.5. The van der Waals surface area contributed by atoms with Crippen LogP contribution in [0.1, 0.15) is 65.6 Å². The summed E-state index contributed by atoms with van der Waals surface area (Å²) in [5.74, 6) is 2.43. The summed E-state index contributed by atoms with van der Waals surface area (Å²) in [4.78, 5) is 0. The molecule has 120 valence electrons. The van der Waals surface area contributed by atoms with Gasteiger partial charge in [0.15, 0.2) is 0 Å². The van der Waals surface area contributed by atoms with Gasteiger partial charge in [0.25, 0.3) is 0 Å². The van der Waals surface area contributed by atoms with Crippen LogP contribution < -0.4 is 5.32 Å². The molecule has 0 saturated heterocycles. The molecule has 1 aromatic rings. The zero-order valence-electron chi connectivity index (χ0n) is 14.5. The van der Waals surface area contributed by atoms with Gasteiger partial charge in [0.05, 0.1) is 5.69 Å². The second-order valence-electron chi connectivity index (χ2n) is 7.33. The van der Waals surface area contributed by atoms with Crippen molar-refractivity contribution < 1.29 is 0 Å². The fourth-order valence-electron chi connectivity index (χ4n) is 3.70. The van der Waals surface area contributed by atoms with E-state index in [1.54, 1.807) is 0 Å². The molecule has 0 bridgehead atoms. The molecule has 3 heteroatoms. The smallest absolute Gasteiger partial charge is 0.0628 e. The third-order valence-electron chi connectivity index (χ3n) is 5.10. The average molecular weight is 291 g/mol. The second kappa shape index (κ2) is 7.44. The van der Waals surface area contributed by atoms with Gasteiger partial charge in [-0.15, -0.1) is 0 Å². The maximum atomic E-state index is 4.76. The fraction of sp³-hybridized carbons (Fsp3) is 0.833. The lowest BCUT2D eigenvalue weighted by atomic mass is 9.72. The van der Waals surface area contributed by atoms with E-state index in [4.69, 9.17) is 5.10 Å². The Hall–Kier alpha value is -0.830. The highest BCUT2D eigenvalue weighted by molar-refractivity contribution is 5.03. The third-order valence-corrected chi connectivity index (χ3v) is 5.10. The van der Waals surface area contributed by atoms with Crippen LogP contribution in [0.2, 0.25) is 0 Å². The van der Waals surface area contributed by atoms with Crippen LogP contribution in [0, 0.1) is 17.8 Å². The van der Waals surface area contributed by atoms with Crippen LogP contribution in [0.4, 0.5) is 0 Å². The summed E-state index contributed by atoms with van der Waals surface area (Å²) in [6, 6.07) is 3.34. The van der Waals surface area contributed by atoms with Gasteiger partial charge in [-0.2, -0.15) is 5.10 Å². The van der Waals surface area contributed by atoms with Gasteiger partial charge < -0.3 is 5.32 Å². The topological polar surface area (TPSA) is 29.9 Å². The average Bonchev–Trinajstić information content (AvgIpc) is 2.89. The highest BCUT2D eigenvalue weighted by Crippen LogP contribution is 2.35. The van der Waals surface area contributed by atoms with Gasteiger partial charge in [-0.05, 0) is 69.9 Å². The maximum absolute atomic E-state index is 4.76. The minimum absolute atomic E-state index is 0.457. The summed E-state index contributed by atoms with van der Waals surface area (Å²) in [5.41, 5.74) is 1.26. The van der Waals surface area contributed by atoms with Crippen molar-refractivity contribution in [2.45, 2.75) is 72.4 Å². The molecule has 0 amide bonds. The Bertz CT molecular complexity index is 422. The molecule has 1 aliphatic carbocycles. The van der Waals surface area contributed by atoms with Crippen LogP contribution in [-0.4, -0.2) is 22.4 Å². The minimum atomic E-state index is 0.457. The van der Waals surface area contributed by atoms with Crippen molar-refractivity contribution in [3.05, 3.63) is 18.0 Å². The molecule has 1 aliphatic rings. The van der Waals surface area contributed by atoms with E-state index in [1.165, 1.54) is 25.0 Å². The number of hydrogen-bond donors (Lipinski definition) is 1. The van der Waals surface area contributed by atoms with Crippen molar-refractivity contribution >= 4 is 0 Å². The number of aromatic nitrogens is 2. The van der Waals surface area contributed by atoms with Gasteiger partial charge in [-0.25, -0.2) is 0 Å². The number of nitrogens with one attached hydrogen (secondary N) is 1. The van der Waals surface area contributed by atoms with E-state index in [1.807, 2.05) is 0 Å². The molecule has 1 heterocycles. The first-order chi connectivity index (χ1) is 10.0. The van der Waals surface area contributed by atoms with E-state index in [0.717, 1.165) is 30.7 Å². The van der Waals surface area contributed by atoms with E-state index >= 15 is 0 Å². The van der Waals surface area contributed by atoms with Crippen LogP contribution in [0.25, 0.3) is 0 Å². The molecule has 3 atom stereocenters. The standard InChI is InChI=1S/C18H33N3/c1-6-19-18-8-7-15(13(2)3)11-16(18)12-17-9-10-21(20-17)14(4)5/h9-10,13-16,18-19H,6-8,11-12H2,1-5H3. The number of nitrogens with zero attached hydrogens (tertiary/aromatic N) is 2. The Balaban J connectivity index is 2.04. The quantitative estimate of drug-likeness (QED) is 0.856. The Morgan fingerprint density at radius 1 is 1.29 bits per heavy atom. The number of rotatable bonds is 6. The lowest BCUT2D eigenvalue weighted by molar-refractivity contribution is 0.168. The van der Waals surface area contributed by atoms with E-state index in [2.05, 4.69) is 56.9 Å². The summed E-state index contributed by atoms with van der Waals surface area (Å²) in [6.45, 7) is 12.4. The number of hydrogen-bond acceptors (Lipinski definition) is 2. The van der Waals surface area contributed by atoms with Gasteiger partial charge in [0, 0.05) is 18.3 Å². The molecule has 0 aliphatic heterocycles. The minimum Gasteiger partial charge on any atom is -0.314 e. The molecular weight excluding hydrogens is 258 g/mol. The molecule has 21 heavy (non-hydrogen) atoms. The highest BCUT2D eigenvalue weighted by Gasteiger charge is 2.31. The molecular formula is C18H33N3. The molecule has 1 N–H and O–H groups in total. The van der Waals surface area contributed by atoms with Crippen LogP contribution in [0.5, 0.6) is 0 Å². The predicted octanol–water partition coefficient (Wildman–Crippen LogP) is 4.06. The van der Waals surface area contributed by atoms with Gasteiger partial charge in [-0.3, -0.25) is 4.68 Å². The molecule has 3 unspecified atom stereocenters. The van der Waals surface area contributed by atoms with Gasteiger partial charge in [0.1, 0.15) is 0 Å². The molecule has 0 radical (unpaired) electrons. The Morgan fingerprint density at radius 2 is 2.05 bits per heavy atom. The Morgan fingerprint density at radius 3 is 2.62 bits per heavy atom. The van der Waals surface area contributed by atoms with E-state index in [0.29, 0.717) is 12.1 Å². The van der Waals surface area contributed by atoms with Crippen molar-refractivity contribution in [3.63, 3.8) is 0 Å². The van der Waals surface area contributed by atoms with Gasteiger partial charge in [0.2, 0.25) is 0 Å². The molecule has 2 rings (SSSR count). The highest BCUT2D eigenvalue weighted by atomic mass is 15.3. The molecule has 3 nitrogen and oxygen atoms in total. The van der Waals surface area contributed by atoms with Gasteiger partial charge in [-0.1, -0.05) is 20.8 Å². The zero-order chi connectivity index (χ0) is 15.4. The van der Waals surface area contributed by atoms with E-state index in [9.17, 15) is 0 Å². The maximum Gasteiger partial charge on any atom is 0.0628 e. The summed E-state index contributed by atoms with van der Waals surface area (Å²) >= 11 is 0. The second-order valence-corrected chi connectivity index (χ2v) is 7.33.